The SMILES string of the molecule is CC(C)S(=O)(=O)c1ccc(Nc2nn([C@@H](CC#N)C3CC3)c3cc[nH]c(=O)c23)cc1. The maximum atomic E-state index is 12.5. The average Bonchev–Trinajstić information content (AvgIpc) is 3.49. The number of anilines is 2. The highest BCUT2D eigenvalue weighted by atomic mass is 32.2. The molecular formula is C21H23N5O3S. The van der Waals surface area contributed by atoms with Gasteiger partial charge in [0.15, 0.2) is 15.7 Å². The molecule has 3 aromatic rings. The predicted molar refractivity (Wildman–Crippen MR) is 114 cm³/mol. The molecular weight excluding hydrogens is 402 g/mol. The minimum Gasteiger partial charge on any atom is -0.338 e. The second-order valence-corrected chi connectivity index (χ2v) is 10.4. The number of nitriles is 1. The van der Waals surface area contributed by atoms with Crippen LogP contribution >= 0.6 is 0 Å². The highest BCUT2D eigenvalue weighted by Gasteiger charge is 2.34. The van der Waals surface area contributed by atoms with Crippen molar-refractivity contribution in [2.45, 2.75) is 49.3 Å². The van der Waals surface area contributed by atoms with E-state index in [1.807, 2.05) is 0 Å². The molecule has 2 aromatic heterocycles. The molecule has 1 atom stereocenters. The van der Waals surface area contributed by atoms with Gasteiger partial charge in [-0.25, -0.2) is 8.42 Å². The summed E-state index contributed by atoms with van der Waals surface area (Å²) in [6.07, 6.45) is 4.00. The summed E-state index contributed by atoms with van der Waals surface area (Å²) in [6.45, 7) is 3.29. The van der Waals surface area contributed by atoms with E-state index >= 15 is 0 Å². The van der Waals surface area contributed by atoms with Gasteiger partial charge in [0.1, 0.15) is 5.39 Å². The van der Waals surface area contributed by atoms with Crippen molar-refractivity contribution < 1.29 is 8.42 Å². The molecule has 156 valence electrons. The van der Waals surface area contributed by atoms with Gasteiger partial charge in [0, 0.05) is 11.9 Å². The fourth-order valence-electron chi connectivity index (χ4n) is 3.60. The van der Waals surface area contributed by atoms with Crippen molar-refractivity contribution >= 4 is 32.2 Å². The summed E-state index contributed by atoms with van der Waals surface area (Å²) in [7, 11) is -3.36. The lowest BCUT2D eigenvalue weighted by Crippen LogP contribution is -2.13. The molecule has 1 saturated carbocycles. The van der Waals surface area contributed by atoms with Crippen molar-refractivity contribution in [3.63, 3.8) is 0 Å². The van der Waals surface area contributed by atoms with E-state index in [-0.39, 0.29) is 16.5 Å². The third-order valence-electron chi connectivity index (χ3n) is 5.48. The predicted octanol–water partition coefficient (Wildman–Crippen LogP) is 3.52. The van der Waals surface area contributed by atoms with E-state index in [9.17, 15) is 18.5 Å². The van der Waals surface area contributed by atoms with E-state index in [1.54, 1.807) is 55.1 Å². The monoisotopic (exact) mass is 425 g/mol. The molecule has 1 aliphatic carbocycles. The first-order valence-electron chi connectivity index (χ1n) is 9.90. The van der Waals surface area contributed by atoms with Gasteiger partial charge in [0.2, 0.25) is 0 Å². The van der Waals surface area contributed by atoms with Crippen LogP contribution in [0, 0.1) is 17.2 Å². The molecule has 4 rings (SSSR count). The molecule has 0 unspecified atom stereocenters. The molecule has 0 radical (unpaired) electrons. The molecule has 0 spiro atoms. The fourth-order valence-corrected chi connectivity index (χ4v) is 4.66. The molecule has 2 heterocycles. The van der Waals surface area contributed by atoms with Crippen molar-refractivity contribution in [3.8, 4) is 6.07 Å². The number of aromatic amines is 1. The molecule has 1 aromatic carbocycles. The summed E-state index contributed by atoms with van der Waals surface area (Å²) in [4.78, 5) is 15.5. The summed E-state index contributed by atoms with van der Waals surface area (Å²) >= 11 is 0. The lowest BCUT2D eigenvalue weighted by Gasteiger charge is -2.14. The zero-order valence-corrected chi connectivity index (χ0v) is 17.6. The van der Waals surface area contributed by atoms with Crippen LogP contribution in [-0.4, -0.2) is 28.4 Å². The summed E-state index contributed by atoms with van der Waals surface area (Å²) in [5.41, 5.74) is 1.02. The molecule has 1 fully saturated rings. The van der Waals surface area contributed by atoms with Gasteiger partial charge in [-0.2, -0.15) is 10.4 Å². The number of hydrogen-bond acceptors (Lipinski definition) is 6. The van der Waals surface area contributed by atoms with E-state index in [4.69, 9.17) is 0 Å². The van der Waals surface area contributed by atoms with Gasteiger partial charge in [-0.3, -0.25) is 9.48 Å². The molecule has 0 bridgehead atoms. The maximum Gasteiger partial charge on any atom is 0.261 e. The molecule has 9 heteroatoms. The Balaban J connectivity index is 1.73. The summed E-state index contributed by atoms with van der Waals surface area (Å²) < 4.78 is 26.4. The van der Waals surface area contributed by atoms with Crippen LogP contribution in [0.5, 0.6) is 0 Å². The van der Waals surface area contributed by atoms with Gasteiger partial charge >= 0.3 is 0 Å². The number of sulfone groups is 1. The van der Waals surface area contributed by atoms with Crippen LogP contribution in [0.1, 0.15) is 39.2 Å². The van der Waals surface area contributed by atoms with Gasteiger partial charge in [-0.1, -0.05) is 0 Å². The van der Waals surface area contributed by atoms with E-state index in [0.29, 0.717) is 34.7 Å². The lowest BCUT2D eigenvalue weighted by molar-refractivity contribution is 0.426. The third kappa shape index (κ3) is 3.59. The van der Waals surface area contributed by atoms with Gasteiger partial charge in [-0.05, 0) is 62.9 Å². The molecule has 0 saturated heterocycles. The summed E-state index contributed by atoms with van der Waals surface area (Å²) in [6, 6.07) is 10.4. The smallest absolute Gasteiger partial charge is 0.261 e. The number of H-pyrrole nitrogens is 1. The Labute approximate surface area is 174 Å². The summed E-state index contributed by atoms with van der Waals surface area (Å²) in [5, 5.41) is 16.9. The van der Waals surface area contributed by atoms with Crippen LogP contribution in [0.4, 0.5) is 11.5 Å². The standard InChI is InChI=1S/C21H23N5O3S/c1-13(2)30(28,29)16-7-5-15(6-8-16)24-20-19-18(10-12-23-21(19)27)26(25-20)17(9-11-22)14-3-4-14/h5-8,10,12-14,17H,3-4,9H2,1-2H3,(H,23,27)(H,24,25)/t17-/m0/s1. The van der Waals surface area contributed by atoms with Crippen molar-refractivity contribution in [1.29, 1.82) is 5.26 Å². The van der Waals surface area contributed by atoms with Gasteiger partial charge in [-0.15, -0.1) is 0 Å². The first-order chi connectivity index (χ1) is 14.3. The number of benzene rings is 1. The van der Waals surface area contributed by atoms with Crippen LogP contribution in [0.15, 0.2) is 46.2 Å². The zero-order valence-electron chi connectivity index (χ0n) is 16.8. The Hall–Kier alpha value is -3.12. The highest BCUT2D eigenvalue weighted by molar-refractivity contribution is 7.92. The van der Waals surface area contributed by atoms with E-state index in [0.717, 1.165) is 12.8 Å². The topological polar surface area (TPSA) is 121 Å². The number of hydrogen-bond donors (Lipinski definition) is 2. The average molecular weight is 426 g/mol. The zero-order chi connectivity index (χ0) is 21.5. The molecule has 1 aliphatic rings. The number of nitrogens with one attached hydrogen (secondary N) is 2. The normalized spacial score (nSPS) is 15.3. The van der Waals surface area contributed by atoms with Crippen molar-refractivity contribution in [2.24, 2.45) is 5.92 Å². The number of nitrogens with zero attached hydrogens (tertiary/aromatic N) is 3. The Morgan fingerprint density at radius 2 is 1.97 bits per heavy atom. The van der Waals surface area contributed by atoms with Crippen LogP contribution in [0.2, 0.25) is 0 Å². The first kappa shape index (κ1) is 20.2. The minimum absolute atomic E-state index is 0.0755. The first-order valence-corrected chi connectivity index (χ1v) is 11.5. The van der Waals surface area contributed by atoms with E-state index in [2.05, 4.69) is 21.5 Å². The minimum atomic E-state index is -3.36. The van der Waals surface area contributed by atoms with E-state index < -0.39 is 15.1 Å². The van der Waals surface area contributed by atoms with Crippen molar-refractivity contribution in [2.75, 3.05) is 5.32 Å². The van der Waals surface area contributed by atoms with Crippen LogP contribution in [0.25, 0.3) is 10.9 Å². The van der Waals surface area contributed by atoms with Crippen LogP contribution in [-0.2, 0) is 9.84 Å². The quantitative estimate of drug-likeness (QED) is 0.597. The molecule has 8 nitrogen and oxygen atoms in total. The van der Waals surface area contributed by atoms with Gasteiger partial charge in [0.25, 0.3) is 5.56 Å². The molecule has 0 amide bonds. The lowest BCUT2D eigenvalue weighted by atomic mass is 10.1. The third-order valence-corrected chi connectivity index (χ3v) is 7.65. The van der Waals surface area contributed by atoms with Crippen LogP contribution in [0.3, 0.4) is 0 Å². The number of aromatic nitrogens is 3. The van der Waals surface area contributed by atoms with Crippen molar-refractivity contribution in [3.05, 3.63) is 46.9 Å². The van der Waals surface area contributed by atoms with Crippen LogP contribution < -0.4 is 10.9 Å². The Morgan fingerprint density at radius 1 is 1.27 bits per heavy atom. The number of rotatable bonds is 7. The van der Waals surface area contributed by atoms with Gasteiger partial charge < -0.3 is 10.3 Å². The Kier molecular flexibility index (Phi) is 5.12. The second kappa shape index (κ2) is 7.61. The Bertz CT molecular complexity index is 1280. The summed E-state index contributed by atoms with van der Waals surface area (Å²) in [5.74, 6) is 0.773. The van der Waals surface area contributed by atoms with E-state index in [1.165, 1.54) is 0 Å². The molecule has 2 N–H and O–H groups in total. The second-order valence-electron chi connectivity index (χ2n) is 7.87. The van der Waals surface area contributed by atoms with Gasteiger partial charge in [0.05, 0.1) is 34.2 Å². The molecule has 0 aliphatic heterocycles. The Morgan fingerprint density at radius 3 is 2.57 bits per heavy atom. The number of fused-ring (bicyclic) bond motifs is 1. The number of pyridine rings is 1. The highest BCUT2D eigenvalue weighted by Crippen LogP contribution is 2.42. The molecule has 30 heavy (non-hydrogen) atoms. The largest absolute Gasteiger partial charge is 0.338 e. The fraction of sp³-hybridized carbons (Fsp3) is 0.381. The maximum absolute atomic E-state index is 12.5. The van der Waals surface area contributed by atoms with Crippen molar-refractivity contribution in [1.82, 2.24) is 14.8 Å².